The molecule has 3 rings (SSSR count). The van der Waals surface area contributed by atoms with Gasteiger partial charge in [0, 0.05) is 10.6 Å². The second-order valence-electron chi connectivity index (χ2n) is 6.14. The maximum atomic E-state index is 14.6. The van der Waals surface area contributed by atoms with Crippen LogP contribution < -0.4 is 0 Å². The summed E-state index contributed by atoms with van der Waals surface area (Å²) < 4.78 is 53.8. The third-order valence-corrected chi connectivity index (χ3v) is 7.39. The van der Waals surface area contributed by atoms with Gasteiger partial charge in [0.25, 0.3) is 0 Å². The number of halogens is 3. The molecule has 1 atom stereocenters. The van der Waals surface area contributed by atoms with E-state index in [4.69, 9.17) is 11.6 Å². The van der Waals surface area contributed by atoms with Crippen molar-refractivity contribution in [3.63, 3.8) is 0 Å². The Morgan fingerprint density at radius 3 is 2.44 bits per heavy atom. The van der Waals surface area contributed by atoms with Gasteiger partial charge in [0.1, 0.15) is 16.4 Å². The molecule has 0 bridgehead atoms. The van der Waals surface area contributed by atoms with E-state index >= 15 is 0 Å². The van der Waals surface area contributed by atoms with E-state index in [0.717, 1.165) is 18.2 Å². The average Bonchev–Trinajstić information content (AvgIpc) is 2.84. The highest BCUT2D eigenvalue weighted by Crippen LogP contribution is 2.45. The van der Waals surface area contributed by atoms with Crippen molar-refractivity contribution in [1.82, 2.24) is 0 Å². The van der Waals surface area contributed by atoms with Crippen molar-refractivity contribution in [2.24, 2.45) is 0 Å². The Bertz CT molecular complexity index is 908. The van der Waals surface area contributed by atoms with Crippen LogP contribution in [0, 0.1) is 11.6 Å². The van der Waals surface area contributed by atoms with Gasteiger partial charge in [0.15, 0.2) is 9.84 Å². The summed E-state index contributed by atoms with van der Waals surface area (Å²) in [5.41, 5.74) is -0.117. The molecule has 6 heteroatoms. The SMILES string of the molecule is O=S(=O)(c1ccc(Cl)cc1)C1(c2cc(F)ccc2F)CC=CCCC1. The van der Waals surface area contributed by atoms with Crippen LogP contribution in [0.25, 0.3) is 0 Å². The van der Waals surface area contributed by atoms with E-state index in [9.17, 15) is 17.2 Å². The minimum atomic E-state index is -3.97. The molecule has 1 unspecified atom stereocenters. The van der Waals surface area contributed by atoms with Crippen LogP contribution >= 0.6 is 11.6 Å². The zero-order valence-corrected chi connectivity index (χ0v) is 15.0. The molecule has 0 aliphatic heterocycles. The Morgan fingerprint density at radius 1 is 1.00 bits per heavy atom. The fraction of sp³-hybridized carbons (Fsp3) is 0.263. The van der Waals surface area contributed by atoms with Gasteiger partial charge in [0.05, 0.1) is 4.90 Å². The van der Waals surface area contributed by atoms with Crippen molar-refractivity contribution in [2.45, 2.75) is 35.3 Å². The predicted molar refractivity (Wildman–Crippen MR) is 94.3 cm³/mol. The summed E-state index contributed by atoms with van der Waals surface area (Å²) in [6.07, 6.45) is 5.21. The first-order valence-electron chi connectivity index (χ1n) is 7.97. The highest BCUT2D eigenvalue weighted by Gasteiger charge is 2.47. The maximum absolute atomic E-state index is 14.6. The van der Waals surface area contributed by atoms with Gasteiger partial charge in [-0.25, -0.2) is 17.2 Å². The summed E-state index contributed by atoms with van der Waals surface area (Å²) in [5, 5.41) is 0.408. The van der Waals surface area contributed by atoms with Gasteiger partial charge in [0.2, 0.25) is 0 Å². The molecule has 1 aliphatic rings. The third kappa shape index (κ3) is 3.23. The van der Waals surface area contributed by atoms with Crippen LogP contribution in [0.3, 0.4) is 0 Å². The lowest BCUT2D eigenvalue weighted by molar-refractivity contribution is 0.463. The van der Waals surface area contributed by atoms with Crippen LogP contribution in [0.4, 0.5) is 8.78 Å². The predicted octanol–water partition coefficient (Wildman–Crippen LogP) is 5.42. The minimum absolute atomic E-state index is 0.0517. The number of hydrogen-bond acceptors (Lipinski definition) is 2. The van der Waals surface area contributed by atoms with Crippen molar-refractivity contribution in [3.8, 4) is 0 Å². The van der Waals surface area contributed by atoms with E-state index in [1.165, 1.54) is 24.3 Å². The zero-order valence-electron chi connectivity index (χ0n) is 13.4. The van der Waals surface area contributed by atoms with Crippen molar-refractivity contribution in [1.29, 1.82) is 0 Å². The van der Waals surface area contributed by atoms with Crippen LogP contribution in [0.15, 0.2) is 59.5 Å². The number of benzene rings is 2. The normalized spacial score (nSPS) is 21.1. The van der Waals surface area contributed by atoms with E-state index in [2.05, 4.69) is 0 Å². The second kappa shape index (κ2) is 6.89. The van der Waals surface area contributed by atoms with Gasteiger partial charge in [-0.1, -0.05) is 23.8 Å². The molecule has 0 saturated carbocycles. The summed E-state index contributed by atoms with van der Waals surface area (Å²) in [5.74, 6) is -1.37. The maximum Gasteiger partial charge on any atom is 0.188 e. The molecule has 2 aromatic rings. The molecule has 0 saturated heterocycles. The molecular formula is C19H17ClF2O2S. The largest absolute Gasteiger partial charge is 0.223 e. The molecule has 0 aromatic heterocycles. The third-order valence-electron chi connectivity index (χ3n) is 4.62. The van der Waals surface area contributed by atoms with E-state index in [0.29, 0.717) is 17.9 Å². The van der Waals surface area contributed by atoms with E-state index in [1.54, 1.807) is 6.08 Å². The quantitative estimate of drug-likeness (QED) is 0.664. The second-order valence-corrected chi connectivity index (χ2v) is 8.84. The zero-order chi connectivity index (χ0) is 18.1. The lowest BCUT2D eigenvalue weighted by Crippen LogP contribution is -2.36. The lowest BCUT2D eigenvalue weighted by Gasteiger charge is -2.33. The van der Waals surface area contributed by atoms with E-state index < -0.39 is 26.2 Å². The molecule has 132 valence electrons. The van der Waals surface area contributed by atoms with Gasteiger partial charge in [-0.2, -0.15) is 0 Å². The standard InChI is InChI=1S/C19H17ClF2O2S/c20-14-5-8-16(9-6-14)25(23,24)19(11-3-1-2-4-12-19)17-13-15(21)7-10-18(17)22/h1,3,5-10,13H,2,4,11-12H2. The molecule has 25 heavy (non-hydrogen) atoms. The summed E-state index contributed by atoms with van der Waals surface area (Å²) >= 11 is 5.86. The van der Waals surface area contributed by atoms with Crippen LogP contribution in [0.2, 0.25) is 5.02 Å². The summed E-state index contributed by atoms with van der Waals surface area (Å²) in [4.78, 5) is 0.0517. The average molecular weight is 383 g/mol. The number of sulfone groups is 1. The Morgan fingerprint density at radius 2 is 1.72 bits per heavy atom. The Kier molecular flexibility index (Phi) is 4.98. The fourth-order valence-electron chi connectivity index (χ4n) is 3.32. The Balaban J connectivity index is 2.26. The summed E-state index contributed by atoms with van der Waals surface area (Å²) in [6, 6.07) is 8.76. The highest BCUT2D eigenvalue weighted by atomic mass is 35.5. The molecule has 2 aromatic carbocycles. The summed E-state index contributed by atoms with van der Waals surface area (Å²) in [6.45, 7) is 0. The molecule has 0 spiro atoms. The smallest absolute Gasteiger partial charge is 0.188 e. The van der Waals surface area contributed by atoms with E-state index in [-0.39, 0.29) is 23.3 Å². The topological polar surface area (TPSA) is 34.1 Å². The molecule has 0 heterocycles. The van der Waals surface area contributed by atoms with E-state index in [1.807, 2.05) is 6.08 Å². The molecule has 1 aliphatic carbocycles. The lowest BCUT2D eigenvalue weighted by atomic mass is 9.90. The van der Waals surface area contributed by atoms with Crippen LogP contribution in [-0.2, 0) is 14.6 Å². The molecule has 0 radical (unpaired) electrons. The van der Waals surface area contributed by atoms with Crippen LogP contribution in [0.1, 0.15) is 31.2 Å². The number of hydrogen-bond donors (Lipinski definition) is 0. The van der Waals surface area contributed by atoms with Crippen molar-refractivity contribution >= 4 is 21.4 Å². The highest BCUT2D eigenvalue weighted by molar-refractivity contribution is 7.92. The molecule has 0 N–H and O–H groups in total. The first kappa shape index (κ1) is 18.1. The Hall–Kier alpha value is -1.72. The molecule has 2 nitrogen and oxygen atoms in total. The first-order valence-corrected chi connectivity index (χ1v) is 9.84. The summed E-state index contributed by atoms with van der Waals surface area (Å²) in [7, 11) is -3.97. The van der Waals surface area contributed by atoms with Crippen molar-refractivity contribution in [3.05, 3.63) is 76.8 Å². The molecular weight excluding hydrogens is 366 g/mol. The van der Waals surface area contributed by atoms with Crippen LogP contribution in [-0.4, -0.2) is 8.42 Å². The number of allylic oxidation sites excluding steroid dienone is 2. The monoisotopic (exact) mass is 382 g/mol. The van der Waals surface area contributed by atoms with Crippen molar-refractivity contribution < 1.29 is 17.2 Å². The van der Waals surface area contributed by atoms with Crippen LogP contribution in [0.5, 0.6) is 0 Å². The van der Waals surface area contributed by atoms with Gasteiger partial charge >= 0.3 is 0 Å². The van der Waals surface area contributed by atoms with Gasteiger partial charge in [-0.15, -0.1) is 0 Å². The first-order chi connectivity index (χ1) is 11.9. The van der Waals surface area contributed by atoms with Crippen molar-refractivity contribution in [2.75, 3.05) is 0 Å². The van der Waals surface area contributed by atoms with Gasteiger partial charge in [-0.3, -0.25) is 0 Å². The van der Waals surface area contributed by atoms with Gasteiger partial charge in [-0.05, 0) is 68.1 Å². The molecule has 0 fully saturated rings. The molecule has 0 amide bonds. The minimum Gasteiger partial charge on any atom is -0.223 e. The van der Waals surface area contributed by atoms with Gasteiger partial charge < -0.3 is 0 Å². The Labute approximate surface area is 151 Å². The fourth-order valence-corrected chi connectivity index (χ4v) is 5.56. The number of rotatable bonds is 3.